The molecule has 0 unspecified atom stereocenters. The Morgan fingerprint density at radius 2 is 1.83 bits per heavy atom. The van der Waals surface area contributed by atoms with Gasteiger partial charge in [0.25, 0.3) is 5.91 Å². The van der Waals surface area contributed by atoms with Crippen molar-refractivity contribution in [1.82, 2.24) is 14.7 Å². The molecule has 1 aromatic carbocycles. The highest BCUT2D eigenvalue weighted by molar-refractivity contribution is 5.94. The first-order valence-electron chi connectivity index (χ1n) is 11.0. The molecule has 164 valence electrons. The fourth-order valence-corrected chi connectivity index (χ4v) is 5.83. The van der Waals surface area contributed by atoms with Gasteiger partial charge in [0.15, 0.2) is 0 Å². The minimum atomic E-state index is -0.116. The summed E-state index contributed by atoms with van der Waals surface area (Å²) in [5, 5.41) is 0. The van der Waals surface area contributed by atoms with E-state index in [0.29, 0.717) is 37.1 Å². The summed E-state index contributed by atoms with van der Waals surface area (Å²) in [5.74, 6) is 1.55. The molecule has 2 atom stereocenters. The average Bonchev–Trinajstić information content (AvgIpc) is 3.30. The van der Waals surface area contributed by atoms with Gasteiger partial charge in [0.05, 0.1) is 25.2 Å². The molecule has 3 aliphatic heterocycles. The zero-order valence-corrected chi connectivity index (χ0v) is 18.3. The minimum absolute atomic E-state index is 0.0598. The van der Waals surface area contributed by atoms with Gasteiger partial charge in [0.1, 0.15) is 5.75 Å². The highest BCUT2D eigenvalue weighted by Crippen LogP contribution is 2.49. The smallest absolute Gasteiger partial charge is 0.253 e. The van der Waals surface area contributed by atoms with Crippen molar-refractivity contribution in [2.75, 3.05) is 60.1 Å². The maximum atomic E-state index is 13.2. The molecule has 3 heterocycles. The SMILES string of the molecule is CCN1C(=O)[C@@H]2CN(CCOC)C[C@@H]2C12CCN(C(=O)c1ccc(OC)cc1)CC2. The topological polar surface area (TPSA) is 62.3 Å². The highest BCUT2D eigenvalue weighted by Gasteiger charge is 2.61. The number of amides is 2. The largest absolute Gasteiger partial charge is 0.497 e. The highest BCUT2D eigenvalue weighted by atomic mass is 16.5. The Labute approximate surface area is 178 Å². The summed E-state index contributed by atoms with van der Waals surface area (Å²) >= 11 is 0. The molecular formula is C23H33N3O4. The van der Waals surface area contributed by atoms with Crippen molar-refractivity contribution >= 4 is 11.8 Å². The Bertz CT molecular complexity index is 773. The Balaban J connectivity index is 1.47. The van der Waals surface area contributed by atoms with Gasteiger partial charge in [0, 0.05) is 57.9 Å². The van der Waals surface area contributed by atoms with Crippen molar-refractivity contribution in [3.63, 3.8) is 0 Å². The van der Waals surface area contributed by atoms with E-state index in [-0.39, 0.29) is 17.4 Å². The summed E-state index contributed by atoms with van der Waals surface area (Å²) in [6.45, 7) is 7.56. The molecule has 4 rings (SSSR count). The number of piperidine rings is 1. The first-order chi connectivity index (χ1) is 14.5. The summed E-state index contributed by atoms with van der Waals surface area (Å²) in [7, 11) is 3.34. The molecule has 0 bridgehead atoms. The summed E-state index contributed by atoms with van der Waals surface area (Å²) < 4.78 is 10.4. The van der Waals surface area contributed by atoms with Crippen molar-refractivity contribution in [3.05, 3.63) is 29.8 Å². The number of carbonyl (C=O) groups is 2. The van der Waals surface area contributed by atoms with Crippen LogP contribution in [0.3, 0.4) is 0 Å². The van der Waals surface area contributed by atoms with Crippen LogP contribution in [-0.4, -0.2) is 92.1 Å². The zero-order chi connectivity index (χ0) is 21.3. The number of likely N-dealkylation sites (tertiary alicyclic amines) is 3. The number of nitrogens with zero attached hydrogens (tertiary/aromatic N) is 3. The molecule has 0 radical (unpaired) electrons. The van der Waals surface area contributed by atoms with Crippen LogP contribution in [0.15, 0.2) is 24.3 Å². The van der Waals surface area contributed by atoms with Crippen LogP contribution in [0.5, 0.6) is 5.75 Å². The maximum absolute atomic E-state index is 13.2. The molecule has 1 spiro atoms. The fourth-order valence-electron chi connectivity index (χ4n) is 5.83. The van der Waals surface area contributed by atoms with Gasteiger partial charge < -0.3 is 19.3 Å². The van der Waals surface area contributed by atoms with E-state index in [4.69, 9.17) is 9.47 Å². The van der Waals surface area contributed by atoms with Crippen molar-refractivity contribution in [2.45, 2.75) is 25.3 Å². The first-order valence-corrected chi connectivity index (χ1v) is 11.0. The van der Waals surface area contributed by atoms with E-state index >= 15 is 0 Å². The number of rotatable bonds is 6. The number of hydrogen-bond acceptors (Lipinski definition) is 5. The summed E-state index contributed by atoms with van der Waals surface area (Å²) in [5.41, 5.74) is 0.570. The number of carbonyl (C=O) groups excluding carboxylic acids is 2. The Morgan fingerprint density at radius 1 is 1.13 bits per heavy atom. The van der Waals surface area contributed by atoms with E-state index in [1.165, 1.54) is 0 Å². The van der Waals surface area contributed by atoms with Crippen molar-refractivity contribution < 1.29 is 19.1 Å². The van der Waals surface area contributed by atoms with Crippen LogP contribution in [0.2, 0.25) is 0 Å². The molecule has 0 N–H and O–H groups in total. The van der Waals surface area contributed by atoms with E-state index < -0.39 is 0 Å². The molecule has 1 aromatic rings. The van der Waals surface area contributed by atoms with Gasteiger partial charge in [-0.05, 0) is 44.0 Å². The standard InChI is InChI=1S/C23H33N3O4/c1-4-26-22(28)19-15-24(13-14-29-2)16-20(19)23(26)9-11-25(12-10-23)21(27)17-5-7-18(30-3)8-6-17/h5-8,19-20H,4,9-16H2,1-3H3/t19-,20+/m1/s1. The number of ether oxygens (including phenoxy) is 2. The van der Waals surface area contributed by atoms with Crippen LogP contribution in [-0.2, 0) is 9.53 Å². The Hall–Kier alpha value is -2.12. The second-order valence-corrected chi connectivity index (χ2v) is 8.67. The lowest BCUT2D eigenvalue weighted by molar-refractivity contribution is -0.135. The lowest BCUT2D eigenvalue weighted by Crippen LogP contribution is -2.57. The van der Waals surface area contributed by atoms with Crippen molar-refractivity contribution in [2.24, 2.45) is 11.8 Å². The lowest BCUT2D eigenvalue weighted by Gasteiger charge is -2.47. The summed E-state index contributed by atoms with van der Waals surface area (Å²) in [4.78, 5) is 32.6. The van der Waals surface area contributed by atoms with Crippen LogP contribution in [0, 0.1) is 11.8 Å². The molecule has 0 saturated carbocycles. The minimum Gasteiger partial charge on any atom is -0.497 e. The van der Waals surface area contributed by atoms with Crippen molar-refractivity contribution in [3.8, 4) is 5.75 Å². The van der Waals surface area contributed by atoms with E-state index in [1.54, 1.807) is 14.2 Å². The van der Waals surface area contributed by atoms with Crippen molar-refractivity contribution in [1.29, 1.82) is 0 Å². The molecule has 7 nitrogen and oxygen atoms in total. The van der Waals surface area contributed by atoms with Crippen LogP contribution >= 0.6 is 0 Å². The number of hydrogen-bond donors (Lipinski definition) is 0. The van der Waals surface area contributed by atoms with E-state index in [2.05, 4.69) is 16.7 Å². The van der Waals surface area contributed by atoms with Gasteiger partial charge in [-0.1, -0.05) is 0 Å². The predicted molar refractivity (Wildman–Crippen MR) is 114 cm³/mol. The average molecular weight is 416 g/mol. The third kappa shape index (κ3) is 3.48. The summed E-state index contributed by atoms with van der Waals surface area (Å²) in [6, 6.07) is 7.29. The maximum Gasteiger partial charge on any atom is 0.253 e. The van der Waals surface area contributed by atoms with Gasteiger partial charge in [-0.3, -0.25) is 14.5 Å². The fraction of sp³-hybridized carbons (Fsp3) is 0.652. The third-order valence-electron chi connectivity index (χ3n) is 7.39. The number of methoxy groups -OCH3 is 2. The monoisotopic (exact) mass is 415 g/mol. The predicted octanol–water partition coefficient (Wildman–Crippen LogP) is 1.73. The first kappa shape index (κ1) is 21.1. The zero-order valence-electron chi connectivity index (χ0n) is 18.3. The molecule has 0 aliphatic carbocycles. The third-order valence-corrected chi connectivity index (χ3v) is 7.39. The molecule has 3 aliphatic rings. The Kier molecular flexibility index (Phi) is 6.02. The van der Waals surface area contributed by atoms with E-state index in [9.17, 15) is 9.59 Å². The molecule has 2 amide bonds. The van der Waals surface area contributed by atoms with E-state index in [1.807, 2.05) is 29.2 Å². The molecule has 3 fully saturated rings. The Morgan fingerprint density at radius 3 is 2.43 bits per heavy atom. The van der Waals surface area contributed by atoms with Gasteiger partial charge >= 0.3 is 0 Å². The molecular weight excluding hydrogens is 382 g/mol. The van der Waals surface area contributed by atoms with Crippen LogP contribution in [0.25, 0.3) is 0 Å². The van der Waals surface area contributed by atoms with Gasteiger partial charge in [0.2, 0.25) is 5.91 Å². The molecule has 7 heteroatoms. The number of benzene rings is 1. The van der Waals surface area contributed by atoms with Crippen LogP contribution in [0.1, 0.15) is 30.1 Å². The van der Waals surface area contributed by atoms with Crippen LogP contribution < -0.4 is 4.74 Å². The molecule has 0 aromatic heterocycles. The normalized spacial score (nSPS) is 25.8. The second-order valence-electron chi connectivity index (χ2n) is 8.67. The van der Waals surface area contributed by atoms with Gasteiger partial charge in [-0.25, -0.2) is 0 Å². The second kappa shape index (κ2) is 8.55. The quantitative estimate of drug-likeness (QED) is 0.708. The molecule has 30 heavy (non-hydrogen) atoms. The van der Waals surface area contributed by atoms with Gasteiger partial charge in [-0.2, -0.15) is 0 Å². The van der Waals surface area contributed by atoms with Gasteiger partial charge in [-0.15, -0.1) is 0 Å². The van der Waals surface area contributed by atoms with E-state index in [0.717, 1.165) is 44.8 Å². The van der Waals surface area contributed by atoms with Crippen LogP contribution in [0.4, 0.5) is 0 Å². The lowest BCUT2D eigenvalue weighted by atomic mass is 9.74. The summed E-state index contributed by atoms with van der Waals surface area (Å²) in [6.07, 6.45) is 1.71. The number of fused-ring (bicyclic) bond motifs is 2. The molecule has 3 saturated heterocycles.